The zero-order valence-electron chi connectivity index (χ0n) is 19.6. The molecule has 34 heavy (non-hydrogen) atoms. The standard InChI is InChI=1S/C28H31N4O2/c1-2-3-9-17-30-20-15-23(16-21-30)22-29-32(24-11-5-4-6-12-24)19-10-18-31-27(33)25-13-7-8-14-26(25)28(31)34/h4-8,11-16,20-22H,2-3,9-10,17-19H2,1H3/q+1. The summed E-state index contributed by atoms with van der Waals surface area (Å²) < 4.78 is 2.20. The highest BCUT2D eigenvalue weighted by Gasteiger charge is 2.34. The van der Waals surface area contributed by atoms with Crippen LogP contribution in [0.2, 0.25) is 0 Å². The summed E-state index contributed by atoms with van der Waals surface area (Å²) in [6, 6.07) is 21.1. The van der Waals surface area contributed by atoms with E-state index in [-0.39, 0.29) is 11.8 Å². The van der Waals surface area contributed by atoms with Crippen LogP contribution < -0.4 is 9.58 Å². The van der Waals surface area contributed by atoms with Gasteiger partial charge in [0.1, 0.15) is 6.54 Å². The number of unbranched alkanes of at least 4 members (excludes halogenated alkanes) is 2. The van der Waals surface area contributed by atoms with Crippen molar-refractivity contribution in [2.45, 2.75) is 39.2 Å². The summed E-state index contributed by atoms with van der Waals surface area (Å²) in [6.45, 7) is 4.17. The van der Waals surface area contributed by atoms with Crippen molar-refractivity contribution in [3.05, 3.63) is 95.8 Å². The molecule has 4 rings (SSSR count). The minimum absolute atomic E-state index is 0.216. The Morgan fingerprint density at radius 3 is 2.15 bits per heavy atom. The lowest BCUT2D eigenvalue weighted by Crippen LogP contribution is -2.33. The van der Waals surface area contributed by atoms with E-state index in [1.54, 1.807) is 24.3 Å². The van der Waals surface area contributed by atoms with Gasteiger partial charge in [0.2, 0.25) is 0 Å². The number of hydrogen-bond acceptors (Lipinski definition) is 4. The van der Waals surface area contributed by atoms with E-state index < -0.39 is 0 Å². The summed E-state index contributed by atoms with van der Waals surface area (Å²) in [7, 11) is 0. The number of nitrogens with zero attached hydrogens (tertiary/aromatic N) is 4. The first-order chi connectivity index (χ1) is 16.7. The second kappa shape index (κ2) is 11.4. The Balaban J connectivity index is 1.39. The molecular formula is C28H31N4O2+. The number of carbonyl (C=O) groups excluding carboxylic acids is 2. The normalized spacial score (nSPS) is 13.0. The van der Waals surface area contributed by atoms with Crippen molar-refractivity contribution >= 4 is 23.7 Å². The number of carbonyl (C=O) groups is 2. The van der Waals surface area contributed by atoms with Gasteiger partial charge >= 0.3 is 0 Å². The van der Waals surface area contributed by atoms with Gasteiger partial charge in [-0.05, 0) is 37.1 Å². The molecule has 0 atom stereocenters. The van der Waals surface area contributed by atoms with Crippen molar-refractivity contribution in [2.75, 3.05) is 18.1 Å². The van der Waals surface area contributed by atoms with Crippen molar-refractivity contribution in [1.29, 1.82) is 0 Å². The number of pyridine rings is 1. The van der Waals surface area contributed by atoms with Gasteiger partial charge in [0.15, 0.2) is 12.4 Å². The molecule has 2 aromatic carbocycles. The summed E-state index contributed by atoms with van der Waals surface area (Å²) in [6.07, 6.45) is 10.3. The molecule has 0 N–H and O–H groups in total. The maximum atomic E-state index is 12.6. The van der Waals surface area contributed by atoms with Crippen molar-refractivity contribution in [3.8, 4) is 0 Å². The Kier molecular flexibility index (Phi) is 7.81. The molecule has 1 aliphatic heterocycles. The number of amides is 2. The molecular weight excluding hydrogens is 424 g/mol. The summed E-state index contributed by atoms with van der Waals surface area (Å²) in [5, 5.41) is 6.64. The number of hydrogen-bond donors (Lipinski definition) is 0. The quantitative estimate of drug-likeness (QED) is 0.139. The third-order valence-corrected chi connectivity index (χ3v) is 5.97. The molecule has 0 aliphatic carbocycles. The molecule has 174 valence electrons. The molecule has 6 nitrogen and oxygen atoms in total. The summed E-state index contributed by atoms with van der Waals surface area (Å²) in [4.78, 5) is 26.6. The van der Waals surface area contributed by atoms with Crippen LogP contribution >= 0.6 is 0 Å². The minimum Gasteiger partial charge on any atom is -0.274 e. The lowest BCUT2D eigenvalue weighted by Gasteiger charge is -2.21. The van der Waals surface area contributed by atoms with Gasteiger partial charge < -0.3 is 0 Å². The molecule has 0 spiro atoms. The van der Waals surface area contributed by atoms with E-state index in [1.165, 1.54) is 24.2 Å². The summed E-state index contributed by atoms with van der Waals surface area (Å²) in [5.41, 5.74) is 2.96. The molecule has 2 amide bonds. The second-order valence-electron chi connectivity index (χ2n) is 8.44. The fraction of sp³-hybridized carbons (Fsp3) is 0.286. The highest BCUT2D eigenvalue weighted by atomic mass is 16.2. The number of fused-ring (bicyclic) bond motifs is 1. The van der Waals surface area contributed by atoms with E-state index in [0.29, 0.717) is 30.6 Å². The zero-order chi connectivity index (χ0) is 23.8. The van der Waals surface area contributed by atoms with Crippen LogP contribution in [0.15, 0.2) is 84.2 Å². The Morgan fingerprint density at radius 2 is 1.50 bits per heavy atom. The van der Waals surface area contributed by atoms with Gasteiger partial charge in [-0.1, -0.05) is 43.7 Å². The third kappa shape index (κ3) is 5.57. The van der Waals surface area contributed by atoms with Crippen LogP contribution in [-0.4, -0.2) is 36.0 Å². The number of para-hydroxylation sites is 1. The molecule has 0 bridgehead atoms. The monoisotopic (exact) mass is 455 g/mol. The van der Waals surface area contributed by atoms with Crippen molar-refractivity contribution in [3.63, 3.8) is 0 Å². The Hall–Kier alpha value is -3.80. The first-order valence-electron chi connectivity index (χ1n) is 12.0. The summed E-state index contributed by atoms with van der Waals surface area (Å²) >= 11 is 0. The fourth-order valence-electron chi connectivity index (χ4n) is 4.06. The average molecular weight is 456 g/mol. The van der Waals surface area contributed by atoms with E-state index in [2.05, 4.69) is 36.0 Å². The van der Waals surface area contributed by atoms with Gasteiger partial charge in [0.25, 0.3) is 11.8 Å². The number of rotatable bonds is 11. The number of anilines is 1. The predicted molar refractivity (Wildman–Crippen MR) is 134 cm³/mol. The van der Waals surface area contributed by atoms with Crippen LogP contribution in [0.5, 0.6) is 0 Å². The minimum atomic E-state index is -0.216. The van der Waals surface area contributed by atoms with E-state index in [0.717, 1.165) is 17.8 Å². The van der Waals surface area contributed by atoms with Gasteiger partial charge in [0.05, 0.1) is 23.0 Å². The molecule has 1 aliphatic rings. The molecule has 2 heterocycles. The number of aromatic nitrogens is 1. The number of hydrazone groups is 1. The van der Waals surface area contributed by atoms with Crippen LogP contribution in [0.3, 0.4) is 0 Å². The van der Waals surface area contributed by atoms with Gasteiger partial charge in [-0.25, -0.2) is 4.57 Å². The maximum Gasteiger partial charge on any atom is 0.261 e. The Bertz CT molecular complexity index is 1110. The molecule has 0 radical (unpaired) electrons. The molecule has 0 saturated carbocycles. The maximum absolute atomic E-state index is 12.6. The van der Waals surface area contributed by atoms with Gasteiger partial charge in [-0.15, -0.1) is 0 Å². The molecule has 0 fully saturated rings. The topological polar surface area (TPSA) is 56.9 Å². The Morgan fingerprint density at radius 1 is 0.853 bits per heavy atom. The highest BCUT2D eigenvalue weighted by Crippen LogP contribution is 2.23. The van der Waals surface area contributed by atoms with Crippen LogP contribution in [0.25, 0.3) is 0 Å². The zero-order valence-corrected chi connectivity index (χ0v) is 19.6. The Labute approximate surface area is 201 Å². The number of imide groups is 1. The van der Waals surface area contributed by atoms with E-state index >= 15 is 0 Å². The number of benzene rings is 2. The van der Waals surface area contributed by atoms with E-state index in [1.807, 2.05) is 41.6 Å². The number of aryl methyl sites for hydroxylation is 1. The predicted octanol–water partition coefficient (Wildman–Crippen LogP) is 4.69. The average Bonchev–Trinajstić information content (AvgIpc) is 3.12. The van der Waals surface area contributed by atoms with Crippen LogP contribution in [0.1, 0.15) is 58.9 Å². The van der Waals surface area contributed by atoms with Gasteiger partial charge in [0, 0.05) is 37.2 Å². The van der Waals surface area contributed by atoms with Crippen LogP contribution in [-0.2, 0) is 6.54 Å². The molecule has 0 saturated heterocycles. The van der Waals surface area contributed by atoms with E-state index in [4.69, 9.17) is 5.10 Å². The smallest absolute Gasteiger partial charge is 0.261 e. The van der Waals surface area contributed by atoms with Gasteiger partial charge in [-0.3, -0.25) is 19.5 Å². The van der Waals surface area contributed by atoms with Crippen molar-refractivity contribution in [2.24, 2.45) is 5.10 Å². The fourth-order valence-corrected chi connectivity index (χ4v) is 4.06. The lowest BCUT2D eigenvalue weighted by atomic mass is 10.1. The lowest BCUT2D eigenvalue weighted by molar-refractivity contribution is -0.697. The van der Waals surface area contributed by atoms with Crippen LogP contribution in [0.4, 0.5) is 5.69 Å². The third-order valence-electron chi connectivity index (χ3n) is 5.97. The molecule has 0 unspecified atom stereocenters. The molecule has 3 aromatic rings. The van der Waals surface area contributed by atoms with Crippen LogP contribution in [0, 0.1) is 0 Å². The molecule has 1 aromatic heterocycles. The first kappa shape index (κ1) is 23.4. The highest BCUT2D eigenvalue weighted by molar-refractivity contribution is 6.21. The summed E-state index contributed by atoms with van der Waals surface area (Å²) in [5.74, 6) is -0.432. The second-order valence-corrected chi connectivity index (χ2v) is 8.44. The van der Waals surface area contributed by atoms with Crippen molar-refractivity contribution in [1.82, 2.24) is 4.90 Å². The van der Waals surface area contributed by atoms with Gasteiger partial charge in [-0.2, -0.15) is 5.10 Å². The SMILES string of the molecule is CCCCC[n+]1ccc(/C=N/N(CCCN2C(=O)c3ccccc3C2=O)c2ccccc2)cc1. The molecule has 6 heteroatoms. The largest absolute Gasteiger partial charge is 0.274 e. The van der Waals surface area contributed by atoms with Crippen molar-refractivity contribution < 1.29 is 14.2 Å². The van der Waals surface area contributed by atoms with E-state index in [9.17, 15) is 9.59 Å². The first-order valence-corrected chi connectivity index (χ1v) is 12.0.